The van der Waals surface area contributed by atoms with Gasteiger partial charge in [0.25, 0.3) is 0 Å². The van der Waals surface area contributed by atoms with E-state index in [1.165, 1.54) is 12.2 Å². The second kappa shape index (κ2) is 8.01. The number of carbonyl (C=O) groups is 1. The molecule has 2 N–H and O–H groups in total. The molecule has 1 aliphatic heterocycles. The molecule has 20 heavy (non-hydrogen) atoms. The zero-order valence-electron chi connectivity index (χ0n) is 11.2. The van der Waals surface area contributed by atoms with Crippen molar-refractivity contribution in [2.75, 3.05) is 0 Å². The Labute approximate surface area is 118 Å². The molecule has 4 heteroatoms. The van der Waals surface area contributed by atoms with E-state index >= 15 is 0 Å². The van der Waals surface area contributed by atoms with Gasteiger partial charge in [0.05, 0.1) is 0 Å². The van der Waals surface area contributed by atoms with Crippen LogP contribution in [0.2, 0.25) is 0 Å². The molecule has 3 unspecified atom stereocenters. The highest BCUT2D eigenvalue weighted by Gasteiger charge is 2.20. The van der Waals surface area contributed by atoms with Gasteiger partial charge in [0, 0.05) is 5.57 Å². The summed E-state index contributed by atoms with van der Waals surface area (Å²) < 4.78 is 4.94. The summed E-state index contributed by atoms with van der Waals surface area (Å²) in [6.45, 7) is 5.14. The number of aliphatic hydroxyl groups excluding tert-OH is 2. The first-order chi connectivity index (χ1) is 9.52. The SMILES string of the molecule is C=CC(O)C#CC#CC(O)/C=C\CC1=CC(C)OC1=O. The van der Waals surface area contributed by atoms with Crippen molar-refractivity contribution >= 4 is 5.97 Å². The third-order valence-corrected chi connectivity index (χ3v) is 2.37. The van der Waals surface area contributed by atoms with E-state index in [1.54, 1.807) is 19.1 Å². The Morgan fingerprint density at radius 2 is 2.05 bits per heavy atom. The fourth-order valence-corrected chi connectivity index (χ4v) is 1.43. The van der Waals surface area contributed by atoms with Crippen LogP contribution < -0.4 is 0 Å². The molecule has 0 saturated carbocycles. The molecule has 0 spiro atoms. The van der Waals surface area contributed by atoms with Gasteiger partial charge in [0.1, 0.15) is 18.3 Å². The van der Waals surface area contributed by atoms with Crippen LogP contribution in [0.1, 0.15) is 13.3 Å². The maximum absolute atomic E-state index is 11.3. The van der Waals surface area contributed by atoms with Crippen LogP contribution in [0.4, 0.5) is 0 Å². The molecule has 0 aromatic rings. The largest absolute Gasteiger partial charge is 0.455 e. The maximum Gasteiger partial charge on any atom is 0.334 e. The van der Waals surface area contributed by atoms with E-state index in [9.17, 15) is 9.90 Å². The first-order valence-corrected chi connectivity index (χ1v) is 6.11. The molecule has 0 amide bonds. The van der Waals surface area contributed by atoms with E-state index in [0.29, 0.717) is 12.0 Å². The van der Waals surface area contributed by atoms with Crippen LogP contribution in [-0.2, 0) is 9.53 Å². The molecule has 4 nitrogen and oxygen atoms in total. The number of allylic oxidation sites excluding steroid dienone is 1. The second-order valence-electron chi connectivity index (χ2n) is 4.10. The summed E-state index contributed by atoms with van der Waals surface area (Å²) in [7, 11) is 0. The van der Waals surface area contributed by atoms with Gasteiger partial charge in [-0.25, -0.2) is 4.79 Å². The van der Waals surface area contributed by atoms with Gasteiger partial charge in [-0.3, -0.25) is 0 Å². The summed E-state index contributed by atoms with van der Waals surface area (Å²) in [6, 6.07) is 0. The van der Waals surface area contributed by atoms with Gasteiger partial charge in [-0.2, -0.15) is 0 Å². The minimum Gasteiger partial charge on any atom is -0.455 e. The topological polar surface area (TPSA) is 66.8 Å². The number of aliphatic hydroxyl groups is 2. The summed E-state index contributed by atoms with van der Waals surface area (Å²) in [5, 5.41) is 18.6. The van der Waals surface area contributed by atoms with Gasteiger partial charge < -0.3 is 14.9 Å². The zero-order valence-corrected chi connectivity index (χ0v) is 11.2. The lowest BCUT2D eigenvalue weighted by molar-refractivity contribution is -0.139. The lowest BCUT2D eigenvalue weighted by Crippen LogP contribution is -2.03. The van der Waals surface area contributed by atoms with Crippen LogP contribution in [0.5, 0.6) is 0 Å². The summed E-state index contributed by atoms with van der Waals surface area (Å²) in [4.78, 5) is 11.3. The van der Waals surface area contributed by atoms with Crippen molar-refractivity contribution < 1.29 is 19.7 Å². The van der Waals surface area contributed by atoms with Crippen LogP contribution in [0.15, 0.2) is 36.5 Å². The Balaban J connectivity index is 2.44. The van der Waals surface area contributed by atoms with Crippen molar-refractivity contribution in [3.05, 3.63) is 36.5 Å². The molecule has 1 heterocycles. The average molecular weight is 272 g/mol. The number of hydrogen-bond donors (Lipinski definition) is 2. The van der Waals surface area contributed by atoms with Gasteiger partial charge in [-0.15, -0.1) is 0 Å². The van der Waals surface area contributed by atoms with Crippen LogP contribution in [-0.4, -0.2) is 34.5 Å². The molecule has 0 bridgehead atoms. The third-order valence-electron chi connectivity index (χ3n) is 2.37. The van der Waals surface area contributed by atoms with E-state index in [-0.39, 0.29) is 12.1 Å². The summed E-state index contributed by atoms with van der Waals surface area (Å²) in [5.74, 6) is 9.37. The second-order valence-corrected chi connectivity index (χ2v) is 4.10. The predicted molar refractivity (Wildman–Crippen MR) is 75.2 cm³/mol. The molecule has 0 radical (unpaired) electrons. The van der Waals surface area contributed by atoms with Gasteiger partial charge >= 0.3 is 5.97 Å². The molecule has 0 fully saturated rings. The minimum atomic E-state index is -0.972. The fraction of sp³-hybridized carbons (Fsp3) is 0.312. The minimum absolute atomic E-state index is 0.192. The van der Waals surface area contributed by atoms with Crippen molar-refractivity contribution in [2.24, 2.45) is 0 Å². The van der Waals surface area contributed by atoms with Gasteiger partial charge in [0.15, 0.2) is 0 Å². The van der Waals surface area contributed by atoms with E-state index in [0.717, 1.165) is 0 Å². The first kappa shape index (κ1) is 15.8. The maximum atomic E-state index is 11.3. The lowest BCUT2D eigenvalue weighted by Gasteiger charge is -1.97. The molecule has 0 saturated heterocycles. The summed E-state index contributed by atoms with van der Waals surface area (Å²) in [6.07, 6.45) is 4.45. The van der Waals surface area contributed by atoms with E-state index in [4.69, 9.17) is 9.84 Å². The number of carbonyl (C=O) groups excluding carboxylic acids is 1. The first-order valence-electron chi connectivity index (χ1n) is 6.11. The number of esters is 1. The van der Waals surface area contributed by atoms with Crippen LogP contribution in [0.3, 0.4) is 0 Å². The number of hydrogen-bond acceptors (Lipinski definition) is 4. The van der Waals surface area contributed by atoms with Gasteiger partial charge in [-0.05, 0) is 37.3 Å². The van der Waals surface area contributed by atoms with Crippen LogP contribution in [0, 0.1) is 23.7 Å². The molecular weight excluding hydrogens is 256 g/mol. The zero-order chi connectivity index (χ0) is 15.0. The van der Waals surface area contributed by atoms with Gasteiger partial charge in [0.2, 0.25) is 0 Å². The van der Waals surface area contributed by atoms with Crippen molar-refractivity contribution in [3.8, 4) is 23.7 Å². The summed E-state index contributed by atoms with van der Waals surface area (Å²) >= 11 is 0. The van der Waals surface area contributed by atoms with E-state index in [2.05, 4.69) is 30.3 Å². The highest BCUT2D eigenvalue weighted by atomic mass is 16.5. The van der Waals surface area contributed by atoms with Crippen molar-refractivity contribution in [1.29, 1.82) is 0 Å². The average Bonchev–Trinajstić information content (AvgIpc) is 2.73. The lowest BCUT2D eigenvalue weighted by atomic mass is 10.1. The fourth-order valence-electron chi connectivity index (χ4n) is 1.43. The summed E-state index contributed by atoms with van der Waals surface area (Å²) in [5.41, 5.74) is 0.572. The molecule has 1 rings (SSSR count). The van der Waals surface area contributed by atoms with Crippen molar-refractivity contribution in [1.82, 2.24) is 0 Å². The third kappa shape index (κ3) is 5.58. The Kier molecular flexibility index (Phi) is 6.32. The predicted octanol–water partition coefficient (Wildman–Crippen LogP) is 0.719. The Bertz CT molecular complexity index is 548. The number of rotatable bonds is 4. The standard InChI is InChI=1S/C16H16O4/c1-3-14(17)8-4-5-9-15(18)10-6-7-13-11-12(2)20-16(13)19/h3,6,10-12,14-15,17-18H,1,7H2,2H3/b10-6-. The Morgan fingerprint density at radius 3 is 2.60 bits per heavy atom. The molecule has 1 aliphatic rings. The normalized spacial score (nSPS) is 20.1. The molecule has 104 valence electrons. The van der Waals surface area contributed by atoms with Crippen molar-refractivity contribution in [2.45, 2.75) is 31.7 Å². The highest BCUT2D eigenvalue weighted by Crippen LogP contribution is 2.16. The molecular formula is C16H16O4. The monoisotopic (exact) mass is 272 g/mol. The van der Waals surface area contributed by atoms with Crippen LogP contribution in [0.25, 0.3) is 0 Å². The van der Waals surface area contributed by atoms with Crippen molar-refractivity contribution in [3.63, 3.8) is 0 Å². The van der Waals surface area contributed by atoms with E-state index < -0.39 is 12.2 Å². The number of cyclic esters (lactones) is 1. The van der Waals surface area contributed by atoms with Crippen LogP contribution >= 0.6 is 0 Å². The quantitative estimate of drug-likeness (QED) is 0.449. The van der Waals surface area contributed by atoms with E-state index in [1.807, 2.05) is 0 Å². The molecule has 0 aliphatic carbocycles. The smallest absolute Gasteiger partial charge is 0.334 e. The molecule has 0 aromatic carbocycles. The molecule has 0 aromatic heterocycles. The number of ether oxygens (including phenoxy) is 1. The Hall–Kier alpha value is -2.27. The molecule has 3 atom stereocenters. The highest BCUT2D eigenvalue weighted by molar-refractivity contribution is 5.91. The van der Waals surface area contributed by atoms with Gasteiger partial charge in [-0.1, -0.05) is 30.6 Å². The Morgan fingerprint density at radius 1 is 1.40 bits per heavy atom.